The van der Waals surface area contributed by atoms with Gasteiger partial charge in [-0.15, -0.1) is 0 Å². The molecule has 1 aliphatic heterocycles. The van der Waals surface area contributed by atoms with Crippen molar-refractivity contribution in [2.75, 3.05) is 25.1 Å². The fourth-order valence-electron chi connectivity index (χ4n) is 2.47. The highest BCUT2D eigenvalue weighted by Crippen LogP contribution is 2.19. The molecule has 1 amide bonds. The van der Waals surface area contributed by atoms with Crippen LogP contribution in [-0.4, -0.2) is 54.8 Å². The number of H-pyrrole nitrogens is 1. The van der Waals surface area contributed by atoms with Crippen LogP contribution in [0.1, 0.15) is 35.9 Å². The highest BCUT2D eigenvalue weighted by Gasteiger charge is 2.28. The molecule has 0 unspecified atom stereocenters. The molecule has 1 aliphatic rings. The molecule has 118 valence electrons. The lowest BCUT2D eigenvalue weighted by Crippen LogP contribution is -2.46. The summed E-state index contributed by atoms with van der Waals surface area (Å²) in [5.74, 6) is -0.207. The number of amides is 1. The number of nitrogens with two attached hydrogens (primary N) is 1. The number of carbonyl (C=O) groups is 1. The third kappa shape index (κ3) is 3.73. The third-order valence-electron chi connectivity index (χ3n) is 3.60. The molecule has 0 bridgehead atoms. The van der Waals surface area contributed by atoms with Gasteiger partial charge in [-0.2, -0.15) is 5.10 Å². The van der Waals surface area contributed by atoms with Gasteiger partial charge in [0.2, 0.25) is 10.0 Å². The van der Waals surface area contributed by atoms with Crippen molar-refractivity contribution in [3.8, 4) is 0 Å². The lowest BCUT2D eigenvalue weighted by molar-refractivity contribution is 0.0706. The molecule has 9 heteroatoms. The molecule has 0 aromatic carbocycles. The summed E-state index contributed by atoms with van der Waals surface area (Å²) >= 11 is 0. The molecule has 2 heterocycles. The van der Waals surface area contributed by atoms with Crippen molar-refractivity contribution in [1.82, 2.24) is 19.8 Å². The highest BCUT2D eigenvalue weighted by atomic mass is 32.2. The van der Waals surface area contributed by atoms with Crippen molar-refractivity contribution in [3.05, 3.63) is 11.4 Å². The minimum atomic E-state index is -3.21. The van der Waals surface area contributed by atoms with Gasteiger partial charge < -0.3 is 10.6 Å². The van der Waals surface area contributed by atoms with Crippen molar-refractivity contribution >= 4 is 21.6 Å². The summed E-state index contributed by atoms with van der Waals surface area (Å²) in [5, 5.41) is 6.76. The van der Waals surface area contributed by atoms with Gasteiger partial charge in [0.05, 0.1) is 17.6 Å². The van der Waals surface area contributed by atoms with Crippen molar-refractivity contribution in [1.29, 1.82) is 0 Å². The maximum atomic E-state index is 12.4. The number of aryl methyl sites for hydroxylation is 1. The number of anilines is 1. The number of aromatic amines is 1. The summed E-state index contributed by atoms with van der Waals surface area (Å²) in [6.45, 7) is 2.90. The van der Waals surface area contributed by atoms with Crippen LogP contribution in [-0.2, 0) is 16.4 Å². The first-order valence-electron chi connectivity index (χ1n) is 6.91. The summed E-state index contributed by atoms with van der Waals surface area (Å²) < 4.78 is 25.0. The van der Waals surface area contributed by atoms with Gasteiger partial charge in [0.15, 0.2) is 5.69 Å². The molecular weight excluding hydrogens is 294 g/mol. The molecule has 21 heavy (non-hydrogen) atoms. The number of likely N-dealkylation sites (tertiary alicyclic amines) is 1. The number of hydrogen-bond acceptors (Lipinski definition) is 5. The van der Waals surface area contributed by atoms with Gasteiger partial charge in [0.25, 0.3) is 5.91 Å². The summed E-state index contributed by atoms with van der Waals surface area (Å²) in [5.41, 5.74) is 7.31. The average molecular weight is 315 g/mol. The van der Waals surface area contributed by atoms with E-state index in [0.717, 1.165) is 11.9 Å². The van der Waals surface area contributed by atoms with E-state index in [4.69, 9.17) is 5.73 Å². The standard InChI is InChI=1S/C12H21N5O3S/c1-3-9-10(13)11(15-14-9)12(18)17-6-4-8(5-7-17)16-21(2,19)20/h8,16H,3-7,13H2,1-2H3,(H,14,15). The van der Waals surface area contributed by atoms with Crippen molar-refractivity contribution < 1.29 is 13.2 Å². The molecule has 0 spiro atoms. The van der Waals surface area contributed by atoms with Crippen LogP contribution in [0.5, 0.6) is 0 Å². The van der Waals surface area contributed by atoms with Crippen LogP contribution in [0, 0.1) is 0 Å². The second-order valence-electron chi connectivity index (χ2n) is 5.27. The molecule has 1 fully saturated rings. The van der Waals surface area contributed by atoms with Crippen LogP contribution in [0.25, 0.3) is 0 Å². The maximum absolute atomic E-state index is 12.4. The summed E-state index contributed by atoms with van der Waals surface area (Å²) in [4.78, 5) is 14.0. The Morgan fingerprint density at radius 1 is 1.48 bits per heavy atom. The number of nitrogen functional groups attached to an aromatic ring is 1. The first-order chi connectivity index (χ1) is 9.81. The smallest absolute Gasteiger partial charge is 0.276 e. The maximum Gasteiger partial charge on any atom is 0.276 e. The molecule has 0 atom stereocenters. The second-order valence-corrected chi connectivity index (χ2v) is 7.05. The normalized spacial score (nSPS) is 17.1. The Labute approximate surface area is 124 Å². The first kappa shape index (κ1) is 15.8. The van der Waals surface area contributed by atoms with Gasteiger partial charge in [-0.1, -0.05) is 6.92 Å². The Kier molecular flexibility index (Phi) is 4.52. The SMILES string of the molecule is CCc1[nH]nc(C(=O)N2CCC(NS(C)(=O)=O)CC2)c1N. The molecule has 0 saturated carbocycles. The summed E-state index contributed by atoms with van der Waals surface area (Å²) in [6.07, 6.45) is 3.00. The van der Waals surface area contributed by atoms with Crippen molar-refractivity contribution in [2.24, 2.45) is 0 Å². The molecule has 2 rings (SSSR count). The van der Waals surface area contributed by atoms with E-state index in [2.05, 4.69) is 14.9 Å². The zero-order valence-corrected chi connectivity index (χ0v) is 13.0. The van der Waals surface area contributed by atoms with E-state index in [1.807, 2.05) is 6.92 Å². The molecule has 0 aliphatic carbocycles. The zero-order chi connectivity index (χ0) is 15.6. The number of aromatic nitrogens is 2. The summed E-state index contributed by atoms with van der Waals surface area (Å²) in [6, 6.07) is -0.119. The zero-order valence-electron chi connectivity index (χ0n) is 12.2. The Balaban J connectivity index is 1.98. The quantitative estimate of drug-likeness (QED) is 0.705. The van der Waals surface area contributed by atoms with E-state index in [1.54, 1.807) is 4.90 Å². The molecule has 1 aromatic rings. The van der Waals surface area contributed by atoms with E-state index in [9.17, 15) is 13.2 Å². The number of sulfonamides is 1. The number of nitrogens with one attached hydrogen (secondary N) is 2. The minimum Gasteiger partial charge on any atom is -0.395 e. The van der Waals surface area contributed by atoms with E-state index >= 15 is 0 Å². The number of nitrogens with zero attached hydrogens (tertiary/aromatic N) is 2. The van der Waals surface area contributed by atoms with Crippen LogP contribution >= 0.6 is 0 Å². The average Bonchev–Trinajstić information content (AvgIpc) is 2.78. The molecular formula is C12H21N5O3S. The molecule has 4 N–H and O–H groups in total. The Hall–Kier alpha value is -1.61. The van der Waals surface area contributed by atoms with Crippen LogP contribution < -0.4 is 10.5 Å². The highest BCUT2D eigenvalue weighted by molar-refractivity contribution is 7.88. The Morgan fingerprint density at radius 3 is 2.57 bits per heavy atom. The van der Waals surface area contributed by atoms with Gasteiger partial charge in [-0.25, -0.2) is 13.1 Å². The number of hydrogen-bond donors (Lipinski definition) is 3. The van der Waals surface area contributed by atoms with Gasteiger partial charge in [0, 0.05) is 19.1 Å². The van der Waals surface area contributed by atoms with E-state index < -0.39 is 10.0 Å². The lowest BCUT2D eigenvalue weighted by atomic mass is 10.1. The predicted octanol–water partition coefficient (Wildman–Crippen LogP) is -0.292. The van der Waals surface area contributed by atoms with Gasteiger partial charge in [0.1, 0.15) is 0 Å². The number of carbonyl (C=O) groups excluding carboxylic acids is 1. The first-order valence-corrected chi connectivity index (χ1v) is 8.80. The van der Waals surface area contributed by atoms with Gasteiger partial charge >= 0.3 is 0 Å². The van der Waals surface area contributed by atoms with Crippen LogP contribution in [0.2, 0.25) is 0 Å². The summed E-state index contributed by atoms with van der Waals surface area (Å²) in [7, 11) is -3.21. The fraction of sp³-hybridized carbons (Fsp3) is 0.667. The van der Waals surface area contributed by atoms with Crippen LogP contribution in [0.4, 0.5) is 5.69 Å². The largest absolute Gasteiger partial charge is 0.395 e. The molecule has 1 aromatic heterocycles. The van der Waals surface area contributed by atoms with Crippen molar-refractivity contribution in [2.45, 2.75) is 32.2 Å². The van der Waals surface area contributed by atoms with Crippen LogP contribution in [0.3, 0.4) is 0 Å². The van der Waals surface area contributed by atoms with Crippen LogP contribution in [0.15, 0.2) is 0 Å². The minimum absolute atomic E-state index is 0.119. The Morgan fingerprint density at radius 2 is 2.10 bits per heavy atom. The van der Waals surface area contributed by atoms with Crippen molar-refractivity contribution in [3.63, 3.8) is 0 Å². The lowest BCUT2D eigenvalue weighted by Gasteiger charge is -2.31. The third-order valence-corrected chi connectivity index (χ3v) is 4.36. The van der Waals surface area contributed by atoms with Gasteiger partial charge in [-0.3, -0.25) is 9.89 Å². The Bertz CT molecular complexity index is 617. The topological polar surface area (TPSA) is 121 Å². The molecule has 1 saturated heterocycles. The molecule has 8 nitrogen and oxygen atoms in total. The van der Waals surface area contributed by atoms with Gasteiger partial charge in [-0.05, 0) is 19.3 Å². The second kappa shape index (κ2) is 6.02. The fourth-order valence-corrected chi connectivity index (χ4v) is 3.31. The van der Waals surface area contributed by atoms with E-state index in [-0.39, 0.29) is 17.6 Å². The predicted molar refractivity (Wildman–Crippen MR) is 79.3 cm³/mol. The monoisotopic (exact) mass is 315 g/mol. The molecule has 0 radical (unpaired) electrons. The van der Waals surface area contributed by atoms with E-state index in [0.29, 0.717) is 38.0 Å². The number of piperidine rings is 1. The number of rotatable bonds is 4. The van der Waals surface area contributed by atoms with E-state index in [1.165, 1.54) is 0 Å².